The summed E-state index contributed by atoms with van der Waals surface area (Å²) in [5.74, 6) is -0.686. The highest BCUT2D eigenvalue weighted by atomic mass is 19.1. The summed E-state index contributed by atoms with van der Waals surface area (Å²) in [6, 6.07) is 0. The van der Waals surface area contributed by atoms with Crippen LogP contribution in [0.1, 0.15) is 70.6 Å². The van der Waals surface area contributed by atoms with Crippen molar-refractivity contribution in [2.75, 3.05) is 0 Å². The lowest BCUT2D eigenvalue weighted by Crippen LogP contribution is -2.64. The molecule has 0 atom stereocenters. The molecule has 0 unspecified atom stereocenters. The number of hydrogen-bond acceptors (Lipinski definition) is 1. The van der Waals surface area contributed by atoms with Gasteiger partial charge in [-0.25, -0.2) is 4.39 Å². The van der Waals surface area contributed by atoms with Crippen LogP contribution in [0.15, 0.2) is 0 Å². The zero-order valence-electron chi connectivity index (χ0n) is 10.5. The van der Waals surface area contributed by atoms with Crippen LogP contribution < -0.4 is 0 Å². The van der Waals surface area contributed by atoms with E-state index in [9.17, 15) is 9.18 Å². The van der Waals surface area contributed by atoms with Gasteiger partial charge in [0.1, 0.15) is 5.67 Å². The van der Waals surface area contributed by atoms with Crippen LogP contribution in [0.25, 0.3) is 0 Å². The van der Waals surface area contributed by atoms with E-state index < -0.39 is 11.6 Å². The number of carboxylic acid groups (broad SMARTS) is 1. The number of halogens is 1. The van der Waals surface area contributed by atoms with Gasteiger partial charge in [-0.15, -0.1) is 0 Å². The van der Waals surface area contributed by atoms with Crippen LogP contribution in [0, 0.1) is 5.41 Å². The van der Waals surface area contributed by atoms with Gasteiger partial charge in [0.15, 0.2) is 0 Å². The maximum absolute atomic E-state index is 13.2. The molecule has 0 aromatic carbocycles. The number of aliphatic carboxylic acids is 1. The molecule has 0 spiro atoms. The molecular formula is C14H23FO2. The average molecular weight is 242 g/mol. The standard InChI is InChI=1S/C14H23FO2/c15-14-9-13(10-14,11-14)8-6-4-2-1-3-5-7-12(16)17/h1-11H2,(H,16,17). The van der Waals surface area contributed by atoms with E-state index in [4.69, 9.17) is 5.11 Å². The van der Waals surface area contributed by atoms with Crippen LogP contribution in [-0.4, -0.2) is 16.7 Å². The van der Waals surface area contributed by atoms with E-state index in [1.165, 1.54) is 25.7 Å². The van der Waals surface area contributed by atoms with E-state index in [0.717, 1.165) is 38.5 Å². The monoisotopic (exact) mass is 242 g/mol. The molecule has 3 aliphatic carbocycles. The second kappa shape index (κ2) is 4.95. The van der Waals surface area contributed by atoms with Crippen molar-refractivity contribution in [3.63, 3.8) is 0 Å². The molecule has 0 aromatic rings. The Labute approximate surface area is 103 Å². The smallest absolute Gasteiger partial charge is 0.303 e. The van der Waals surface area contributed by atoms with E-state index in [0.29, 0.717) is 11.8 Å². The van der Waals surface area contributed by atoms with Crippen molar-refractivity contribution in [2.24, 2.45) is 5.41 Å². The van der Waals surface area contributed by atoms with Gasteiger partial charge in [-0.05, 0) is 37.5 Å². The number of carbonyl (C=O) groups is 1. The lowest BCUT2D eigenvalue weighted by atomic mass is 9.41. The molecule has 1 N–H and O–H groups in total. The highest BCUT2D eigenvalue weighted by Crippen LogP contribution is 2.71. The van der Waals surface area contributed by atoms with Crippen molar-refractivity contribution in [3.05, 3.63) is 0 Å². The maximum Gasteiger partial charge on any atom is 0.303 e. The van der Waals surface area contributed by atoms with Crippen LogP contribution in [0.3, 0.4) is 0 Å². The van der Waals surface area contributed by atoms with Gasteiger partial charge in [-0.3, -0.25) is 4.79 Å². The fourth-order valence-corrected chi connectivity index (χ4v) is 3.61. The average Bonchev–Trinajstić information content (AvgIpc) is 2.17. The van der Waals surface area contributed by atoms with E-state index in [2.05, 4.69) is 0 Å². The molecule has 2 nitrogen and oxygen atoms in total. The van der Waals surface area contributed by atoms with Crippen LogP contribution >= 0.6 is 0 Å². The van der Waals surface area contributed by atoms with Crippen molar-refractivity contribution in [1.29, 1.82) is 0 Å². The highest BCUT2D eigenvalue weighted by molar-refractivity contribution is 5.66. The molecule has 98 valence electrons. The molecular weight excluding hydrogens is 219 g/mol. The van der Waals surface area contributed by atoms with Crippen molar-refractivity contribution in [1.82, 2.24) is 0 Å². The summed E-state index contributed by atoms with van der Waals surface area (Å²) in [6.45, 7) is 0. The first-order chi connectivity index (χ1) is 8.04. The van der Waals surface area contributed by atoms with Crippen molar-refractivity contribution in [3.8, 4) is 0 Å². The third-order valence-corrected chi connectivity index (χ3v) is 4.42. The Kier molecular flexibility index (Phi) is 3.74. The molecule has 3 saturated carbocycles. The largest absolute Gasteiger partial charge is 0.481 e. The number of alkyl halides is 1. The molecule has 0 heterocycles. The molecule has 0 aromatic heterocycles. The third kappa shape index (κ3) is 3.20. The summed E-state index contributed by atoms with van der Waals surface area (Å²) in [6.07, 6.45) is 10.7. The Bertz CT molecular complexity index is 268. The molecule has 3 heteroatoms. The van der Waals surface area contributed by atoms with Gasteiger partial charge < -0.3 is 5.11 Å². The van der Waals surface area contributed by atoms with Gasteiger partial charge >= 0.3 is 5.97 Å². The summed E-state index contributed by atoms with van der Waals surface area (Å²) in [7, 11) is 0. The third-order valence-electron chi connectivity index (χ3n) is 4.42. The molecule has 3 rings (SSSR count). The Morgan fingerprint density at radius 1 is 1.00 bits per heavy atom. The lowest BCUT2D eigenvalue weighted by Gasteiger charge is -2.66. The van der Waals surface area contributed by atoms with Gasteiger partial charge in [0.25, 0.3) is 0 Å². The maximum atomic E-state index is 13.2. The molecule has 0 aliphatic heterocycles. The predicted octanol–water partition coefficient (Wildman–Crippen LogP) is 4.08. The van der Waals surface area contributed by atoms with Crippen LogP contribution in [-0.2, 0) is 4.79 Å². The number of rotatable bonds is 9. The number of carboxylic acids is 1. The molecule has 17 heavy (non-hydrogen) atoms. The molecule has 3 aliphatic rings. The summed E-state index contributed by atoms with van der Waals surface area (Å²) < 4.78 is 13.2. The zero-order valence-corrected chi connectivity index (χ0v) is 10.5. The fraction of sp³-hybridized carbons (Fsp3) is 0.929. The summed E-state index contributed by atoms with van der Waals surface area (Å²) in [5.41, 5.74) is -0.325. The van der Waals surface area contributed by atoms with E-state index in [-0.39, 0.29) is 0 Å². The highest BCUT2D eigenvalue weighted by Gasteiger charge is 2.68. The zero-order chi connectivity index (χ0) is 12.4. The molecule has 0 amide bonds. The molecule has 2 bridgehead atoms. The number of unbranched alkanes of at least 4 members (excludes halogenated alkanes) is 5. The molecule has 3 fully saturated rings. The van der Waals surface area contributed by atoms with Crippen LogP contribution in [0.5, 0.6) is 0 Å². The quantitative estimate of drug-likeness (QED) is 0.618. The first-order valence-electron chi connectivity index (χ1n) is 6.95. The van der Waals surface area contributed by atoms with Gasteiger partial charge in [0.2, 0.25) is 0 Å². The minimum absolute atomic E-state index is 0.307. The topological polar surface area (TPSA) is 37.3 Å². The minimum atomic E-state index is -0.739. The van der Waals surface area contributed by atoms with Gasteiger partial charge in [0.05, 0.1) is 0 Å². The number of hydrogen-bond donors (Lipinski definition) is 1. The SMILES string of the molecule is O=C(O)CCCCCCCCC12CC(F)(C1)C2. The minimum Gasteiger partial charge on any atom is -0.481 e. The summed E-state index contributed by atoms with van der Waals surface area (Å²) >= 11 is 0. The second-order valence-corrected chi connectivity index (χ2v) is 6.20. The van der Waals surface area contributed by atoms with Crippen LogP contribution in [0.2, 0.25) is 0 Å². The second-order valence-electron chi connectivity index (χ2n) is 6.20. The van der Waals surface area contributed by atoms with E-state index >= 15 is 0 Å². The van der Waals surface area contributed by atoms with Gasteiger partial charge in [-0.1, -0.05) is 32.1 Å². The predicted molar refractivity (Wildman–Crippen MR) is 64.7 cm³/mol. The van der Waals surface area contributed by atoms with Gasteiger partial charge in [-0.2, -0.15) is 0 Å². The Morgan fingerprint density at radius 3 is 2.06 bits per heavy atom. The Hall–Kier alpha value is -0.600. The Morgan fingerprint density at radius 2 is 1.53 bits per heavy atom. The van der Waals surface area contributed by atoms with E-state index in [1.807, 2.05) is 0 Å². The molecule has 0 radical (unpaired) electrons. The van der Waals surface area contributed by atoms with Crippen molar-refractivity contribution in [2.45, 2.75) is 76.3 Å². The van der Waals surface area contributed by atoms with E-state index in [1.54, 1.807) is 0 Å². The van der Waals surface area contributed by atoms with Gasteiger partial charge in [0, 0.05) is 6.42 Å². The fourth-order valence-electron chi connectivity index (χ4n) is 3.61. The normalized spacial score (nSPS) is 33.9. The first kappa shape index (κ1) is 12.8. The van der Waals surface area contributed by atoms with Crippen molar-refractivity contribution >= 4 is 5.97 Å². The molecule has 0 saturated heterocycles. The first-order valence-corrected chi connectivity index (χ1v) is 6.95. The summed E-state index contributed by atoms with van der Waals surface area (Å²) in [5, 5.41) is 8.47. The summed E-state index contributed by atoms with van der Waals surface area (Å²) in [4.78, 5) is 10.3. The van der Waals surface area contributed by atoms with Crippen molar-refractivity contribution < 1.29 is 14.3 Å². The lowest BCUT2D eigenvalue weighted by molar-refractivity contribution is -0.217. The Balaban J connectivity index is 1.37. The van der Waals surface area contributed by atoms with Crippen LogP contribution in [0.4, 0.5) is 4.39 Å².